The molecule has 0 spiro atoms. The molecule has 1 aliphatic rings. The van der Waals surface area contributed by atoms with E-state index in [4.69, 9.17) is 13.9 Å². The molecule has 0 saturated carbocycles. The highest BCUT2D eigenvalue weighted by Crippen LogP contribution is 2.22. The van der Waals surface area contributed by atoms with Gasteiger partial charge >= 0.3 is 6.03 Å². The average Bonchev–Trinajstić information content (AvgIpc) is 2.96. The van der Waals surface area contributed by atoms with Crippen molar-refractivity contribution in [3.8, 4) is 0 Å². The largest absolute Gasteiger partial charge is 0.466 e. The van der Waals surface area contributed by atoms with Crippen LogP contribution in [0.3, 0.4) is 0 Å². The van der Waals surface area contributed by atoms with Crippen LogP contribution < -0.4 is 10.6 Å². The van der Waals surface area contributed by atoms with E-state index in [1.807, 2.05) is 33.8 Å². The van der Waals surface area contributed by atoms with Crippen molar-refractivity contribution in [2.24, 2.45) is 0 Å². The van der Waals surface area contributed by atoms with Crippen molar-refractivity contribution in [3.05, 3.63) is 23.2 Å². The highest BCUT2D eigenvalue weighted by Gasteiger charge is 2.30. The Labute approximate surface area is 125 Å². The van der Waals surface area contributed by atoms with E-state index in [9.17, 15) is 4.79 Å². The van der Waals surface area contributed by atoms with Gasteiger partial charge in [-0.1, -0.05) is 0 Å². The molecule has 1 aromatic rings. The van der Waals surface area contributed by atoms with Gasteiger partial charge in [-0.25, -0.2) is 4.79 Å². The normalized spacial score (nSPS) is 18.5. The minimum absolute atomic E-state index is 0.1000. The van der Waals surface area contributed by atoms with E-state index in [-0.39, 0.29) is 12.1 Å². The standard InChI is InChI=1S/C15H24N2O4/c1-10-9-13(12(3)21-10)11(2)17-14(18)16-6-5-15(4)19-7-8-20-15/h9,11H,5-8H2,1-4H3,(H2,16,17,18)/t11-/m1/s1. The number of carbonyl (C=O) groups is 1. The van der Waals surface area contributed by atoms with Gasteiger partial charge in [0.2, 0.25) is 0 Å². The fourth-order valence-corrected chi connectivity index (χ4v) is 2.51. The number of aryl methyl sites for hydroxylation is 2. The maximum atomic E-state index is 11.9. The van der Waals surface area contributed by atoms with Crippen molar-refractivity contribution in [3.63, 3.8) is 0 Å². The van der Waals surface area contributed by atoms with E-state index < -0.39 is 5.79 Å². The molecule has 1 fully saturated rings. The van der Waals surface area contributed by atoms with E-state index in [1.165, 1.54) is 0 Å². The lowest BCUT2D eigenvalue weighted by atomic mass is 10.1. The third kappa shape index (κ3) is 4.22. The van der Waals surface area contributed by atoms with Crippen LogP contribution in [0.25, 0.3) is 0 Å². The third-order valence-electron chi connectivity index (χ3n) is 3.66. The van der Waals surface area contributed by atoms with Crippen LogP contribution in [0.2, 0.25) is 0 Å². The average molecular weight is 296 g/mol. The fourth-order valence-electron chi connectivity index (χ4n) is 2.51. The molecule has 1 atom stereocenters. The van der Waals surface area contributed by atoms with E-state index in [1.54, 1.807) is 0 Å². The minimum Gasteiger partial charge on any atom is -0.466 e. The Balaban J connectivity index is 1.75. The van der Waals surface area contributed by atoms with Gasteiger partial charge in [-0.05, 0) is 33.8 Å². The van der Waals surface area contributed by atoms with Crippen molar-refractivity contribution in [1.82, 2.24) is 10.6 Å². The number of nitrogens with one attached hydrogen (secondary N) is 2. The number of ether oxygens (including phenoxy) is 2. The zero-order chi connectivity index (χ0) is 15.5. The van der Waals surface area contributed by atoms with Crippen molar-refractivity contribution in [2.75, 3.05) is 19.8 Å². The second-order valence-corrected chi connectivity index (χ2v) is 5.57. The number of rotatable bonds is 5. The summed E-state index contributed by atoms with van der Waals surface area (Å²) in [4.78, 5) is 11.9. The van der Waals surface area contributed by atoms with Crippen molar-refractivity contribution in [2.45, 2.75) is 45.9 Å². The molecule has 0 unspecified atom stereocenters. The van der Waals surface area contributed by atoms with Gasteiger partial charge in [-0.3, -0.25) is 0 Å². The highest BCUT2D eigenvalue weighted by atomic mass is 16.7. The van der Waals surface area contributed by atoms with Crippen LogP contribution in [0.15, 0.2) is 10.5 Å². The summed E-state index contributed by atoms with van der Waals surface area (Å²) in [6, 6.07) is 1.64. The maximum absolute atomic E-state index is 11.9. The van der Waals surface area contributed by atoms with Gasteiger partial charge < -0.3 is 24.5 Å². The lowest BCUT2D eigenvalue weighted by Gasteiger charge is -2.22. The molecule has 21 heavy (non-hydrogen) atoms. The van der Waals surface area contributed by atoms with Gasteiger partial charge in [0, 0.05) is 18.5 Å². The summed E-state index contributed by atoms with van der Waals surface area (Å²) >= 11 is 0. The van der Waals surface area contributed by atoms with Gasteiger partial charge in [-0.15, -0.1) is 0 Å². The van der Waals surface area contributed by atoms with E-state index >= 15 is 0 Å². The Morgan fingerprint density at radius 2 is 2.05 bits per heavy atom. The quantitative estimate of drug-likeness (QED) is 0.875. The first-order valence-electron chi connectivity index (χ1n) is 7.29. The van der Waals surface area contributed by atoms with Crippen LogP contribution in [-0.4, -0.2) is 31.6 Å². The first-order valence-corrected chi connectivity index (χ1v) is 7.29. The molecule has 2 heterocycles. The van der Waals surface area contributed by atoms with Crippen molar-refractivity contribution in [1.29, 1.82) is 0 Å². The lowest BCUT2D eigenvalue weighted by molar-refractivity contribution is -0.145. The maximum Gasteiger partial charge on any atom is 0.315 e. The molecule has 118 valence electrons. The second kappa shape index (κ2) is 6.49. The molecule has 6 nitrogen and oxygen atoms in total. The number of hydrogen-bond acceptors (Lipinski definition) is 4. The predicted octanol–water partition coefficient (Wildman–Crippen LogP) is 2.41. The van der Waals surface area contributed by atoms with Gasteiger partial charge in [-0.2, -0.15) is 0 Å². The van der Waals surface area contributed by atoms with Gasteiger partial charge in [0.15, 0.2) is 5.79 Å². The molecule has 0 bridgehead atoms. The summed E-state index contributed by atoms with van der Waals surface area (Å²) in [6.45, 7) is 9.33. The zero-order valence-corrected chi connectivity index (χ0v) is 13.1. The summed E-state index contributed by atoms with van der Waals surface area (Å²) in [6.07, 6.45) is 0.624. The first kappa shape index (κ1) is 15.9. The monoisotopic (exact) mass is 296 g/mol. The SMILES string of the molecule is Cc1cc([C@@H](C)NC(=O)NCCC2(C)OCCO2)c(C)o1. The second-order valence-electron chi connectivity index (χ2n) is 5.57. The molecule has 0 radical (unpaired) electrons. The molecule has 1 saturated heterocycles. The summed E-state index contributed by atoms with van der Waals surface area (Å²) in [5.41, 5.74) is 0.997. The van der Waals surface area contributed by atoms with Gasteiger partial charge in [0.25, 0.3) is 0 Å². The molecule has 2 rings (SSSR count). The van der Waals surface area contributed by atoms with Crippen LogP contribution in [0.4, 0.5) is 4.79 Å². The Morgan fingerprint density at radius 1 is 1.38 bits per heavy atom. The fraction of sp³-hybridized carbons (Fsp3) is 0.667. The Hall–Kier alpha value is -1.53. The van der Waals surface area contributed by atoms with Crippen LogP contribution in [0.1, 0.15) is 43.4 Å². The molecule has 0 aliphatic carbocycles. The van der Waals surface area contributed by atoms with Crippen LogP contribution in [0.5, 0.6) is 0 Å². The molecule has 6 heteroatoms. The van der Waals surface area contributed by atoms with Gasteiger partial charge in [0.1, 0.15) is 11.5 Å². The minimum atomic E-state index is -0.572. The highest BCUT2D eigenvalue weighted by molar-refractivity contribution is 5.74. The zero-order valence-electron chi connectivity index (χ0n) is 13.1. The van der Waals surface area contributed by atoms with E-state index in [0.29, 0.717) is 26.2 Å². The first-order chi connectivity index (χ1) is 9.89. The van der Waals surface area contributed by atoms with Crippen molar-refractivity contribution >= 4 is 6.03 Å². The lowest BCUT2D eigenvalue weighted by Crippen LogP contribution is -2.40. The summed E-state index contributed by atoms with van der Waals surface area (Å²) < 4.78 is 16.4. The van der Waals surface area contributed by atoms with Crippen molar-refractivity contribution < 1.29 is 18.7 Å². The number of carbonyl (C=O) groups excluding carboxylic acids is 1. The molecule has 2 amide bonds. The Bertz CT molecular complexity index is 492. The van der Waals surface area contributed by atoms with E-state index in [0.717, 1.165) is 17.1 Å². The third-order valence-corrected chi connectivity index (χ3v) is 3.66. The number of furan rings is 1. The smallest absolute Gasteiger partial charge is 0.315 e. The summed E-state index contributed by atoms with van der Waals surface area (Å²) in [7, 11) is 0. The summed E-state index contributed by atoms with van der Waals surface area (Å²) in [5.74, 6) is 1.11. The molecular weight excluding hydrogens is 272 g/mol. The molecular formula is C15H24N2O4. The van der Waals surface area contributed by atoms with Crippen LogP contribution in [0, 0.1) is 13.8 Å². The topological polar surface area (TPSA) is 72.7 Å². The molecule has 0 aromatic carbocycles. The summed E-state index contributed by atoms with van der Waals surface area (Å²) in [5, 5.41) is 5.72. The van der Waals surface area contributed by atoms with Gasteiger partial charge in [0.05, 0.1) is 19.3 Å². The van der Waals surface area contributed by atoms with E-state index in [2.05, 4.69) is 10.6 Å². The molecule has 2 N–H and O–H groups in total. The van der Waals surface area contributed by atoms with Crippen LogP contribution >= 0.6 is 0 Å². The number of amides is 2. The number of hydrogen-bond donors (Lipinski definition) is 2. The Kier molecular flexibility index (Phi) is 4.90. The molecule has 1 aliphatic heterocycles. The molecule has 1 aromatic heterocycles. The number of urea groups is 1. The van der Waals surface area contributed by atoms with Crippen LogP contribution in [-0.2, 0) is 9.47 Å². The predicted molar refractivity (Wildman–Crippen MR) is 78.1 cm³/mol. The Morgan fingerprint density at radius 3 is 2.62 bits per heavy atom.